The van der Waals surface area contributed by atoms with Crippen molar-refractivity contribution in [3.8, 4) is 5.88 Å². The van der Waals surface area contributed by atoms with Crippen LogP contribution >= 0.6 is 0 Å². The Labute approximate surface area is 241 Å². The molecular formula is C31H33F3N4O4. The van der Waals surface area contributed by atoms with Crippen molar-refractivity contribution in [3.63, 3.8) is 0 Å². The maximum Gasteiger partial charge on any atom is 0.407 e. The fourth-order valence-corrected chi connectivity index (χ4v) is 4.71. The number of benzene rings is 2. The van der Waals surface area contributed by atoms with E-state index in [2.05, 4.69) is 15.7 Å². The van der Waals surface area contributed by atoms with Gasteiger partial charge in [0.25, 0.3) is 5.91 Å². The summed E-state index contributed by atoms with van der Waals surface area (Å²) in [5.74, 6) is -3.77. The summed E-state index contributed by atoms with van der Waals surface area (Å²) < 4.78 is 54.3. The Morgan fingerprint density at radius 1 is 1.00 bits per heavy atom. The number of aryl methyl sites for hydroxylation is 2. The lowest BCUT2D eigenvalue weighted by Gasteiger charge is -2.30. The van der Waals surface area contributed by atoms with Gasteiger partial charge in [0.15, 0.2) is 11.6 Å². The number of carbonyl (C=O) groups excluding carboxylic acids is 2. The van der Waals surface area contributed by atoms with E-state index in [0.29, 0.717) is 29.3 Å². The fourth-order valence-electron chi connectivity index (χ4n) is 4.71. The summed E-state index contributed by atoms with van der Waals surface area (Å²) in [5, 5.41) is 10.2. The SMILES string of the molecule is CCCC(C)(CNC(=O)c1c(C)nn2c(OCc3c(F)ccc(F)c3F)cc(C)cc12)NC(=O)OCc1ccccc1. The van der Waals surface area contributed by atoms with E-state index < -0.39 is 47.2 Å². The fraction of sp³-hybridized carbons (Fsp3) is 0.323. The van der Waals surface area contributed by atoms with Crippen molar-refractivity contribution in [2.75, 3.05) is 6.54 Å². The molecule has 0 radical (unpaired) electrons. The summed E-state index contributed by atoms with van der Waals surface area (Å²) in [6.07, 6.45) is 0.721. The lowest BCUT2D eigenvalue weighted by atomic mass is 9.96. The van der Waals surface area contributed by atoms with Gasteiger partial charge in [0.05, 0.1) is 27.9 Å². The molecule has 2 N–H and O–H groups in total. The molecule has 2 heterocycles. The third-order valence-electron chi connectivity index (χ3n) is 6.81. The Bertz CT molecular complexity index is 1590. The van der Waals surface area contributed by atoms with Crippen molar-refractivity contribution in [1.29, 1.82) is 0 Å². The van der Waals surface area contributed by atoms with Gasteiger partial charge in [-0.05, 0) is 56.5 Å². The molecule has 4 rings (SSSR count). The highest BCUT2D eigenvalue weighted by Crippen LogP contribution is 2.25. The van der Waals surface area contributed by atoms with Crippen molar-refractivity contribution < 1.29 is 32.2 Å². The molecule has 8 nitrogen and oxygen atoms in total. The normalized spacial score (nSPS) is 12.5. The molecule has 222 valence electrons. The van der Waals surface area contributed by atoms with Gasteiger partial charge in [-0.25, -0.2) is 18.0 Å². The second-order valence-corrected chi connectivity index (χ2v) is 10.4. The number of pyridine rings is 1. The van der Waals surface area contributed by atoms with Crippen LogP contribution in [0.4, 0.5) is 18.0 Å². The van der Waals surface area contributed by atoms with Gasteiger partial charge in [0.1, 0.15) is 19.0 Å². The van der Waals surface area contributed by atoms with Crippen molar-refractivity contribution >= 4 is 17.5 Å². The predicted octanol–water partition coefficient (Wildman–Crippen LogP) is 6.16. The van der Waals surface area contributed by atoms with Crippen LogP contribution in [-0.4, -0.2) is 33.7 Å². The number of carbonyl (C=O) groups is 2. The first-order chi connectivity index (χ1) is 20.0. The zero-order valence-electron chi connectivity index (χ0n) is 23.9. The molecule has 1 atom stereocenters. The number of hydrogen-bond donors (Lipinski definition) is 2. The van der Waals surface area contributed by atoms with E-state index in [1.807, 2.05) is 44.2 Å². The van der Waals surface area contributed by atoms with E-state index in [1.54, 1.807) is 26.0 Å². The molecule has 0 spiro atoms. The molecule has 4 aromatic rings. The number of fused-ring (bicyclic) bond motifs is 1. The number of hydrogen-bond acceptors (Lipinski definition) is 5. The number of alkyl carbamates (subject to hydrolysis) is 1. The van der Waals surface area contributed by atoms with Gasteiger partial charge < -0.3 is 20.1 Å². The summed E-state index contributed by atoms with van der Waals surface area (Å²) in [7, 11) is 0. The summed E-state index contributed by atoms with van der Waals surface area (Å²) in [6.45, 7) is 6.86. The van der Waals surface area contributed by atoms with Gasteiger partial charge in [-0.15, -0.1) is 0 Å². The molecule has 11 heteroatoms. The lowest BCUT2D eigenvalue weighted by Crippen LogP contribution is -2.53. The second kappa shape index (κ2) is 13.0. The van der Waals surface area contributed by atoms with Gasteiger partial charge >= 0.3 is 6.09 Å². The Morgan fingerprint density at radius 3 is 2.43 bits per heavy atom. The van der Waals surface area contributed by atoms with E-state index in [4.69, 9.17) is 9.47 Å². The molecule has 2 aromatic heterocycles. The third kappa shape index (κ3) is 7.02. The van der Waals surface area contributed by atoms with Gasteiger partial charge in [0, 0.05) is 12.6 Å². The van der Waals surface area contributed by atoms with E-state index in [0.717, 1.165) is 18.1 Å². The maximum absolute atomic E-state index is 14.2. The first kappa shape index (κ1) is 30.4. The summed E-state index contributed by atoms with van der Waals surface area (Å²) >= 11 is 0. The van der Waals surface area contributed by atoms with Crippen LogP contribution in [0.15, 0.2) is 54.6 Å². The van der Waals surface area contributed by atoms with Crippen molar-refractivity contribution in [3.05, 3.63) is 100.0 Å². The number of aromatic nitrogens is 2. The maximum atomic E-state index is 14.2. The van der Waals surface area contributed by atoms with Gasteiger partial charge in [-0.2, -0.15) is 9.61 Å². The summed E-state index contributed by atoms with van der Waals surface area (Å²) in [4.78, 5) is 26.0. The summed E-state index contributed by atoms with van der Waals surface area (Å²) in [6, 6.07) is 14.2. The number of halogens is 3. The van der Waals surface area contributed by atoms with E-state index in [1.165, 1.54) is 4.52 Å². The standard InChI is InChI=1S/C31H33F3N4O4/c1-5-13-31(4,36-30(40)42-16-21-9-7-6-8-10-21)18-35-29(39)27-20(3)37-38-25(27)14-19(2)15-26(38)41-17-22-23(32)11-12-24(33)28(22)34/h6-12,14-15H,5,13,16-18H2,1-4H3,(H,35,39)(H,36,40). The molecule has 1 unspecified atom stereocenters. The number of nitrogens with one attached hydrogen (secondary N) is 2. The lowest BCUT2D eigenvalue weighted by molar-refractivity contribution is 0.0928. The van der Waals surface area contributed by atoms with E-state index >= 15 is 0 Å². The zero-order valence-corrected chi connectivity index (χ0v) is 23.9. The minimum Gasteiger partial charge on any atom is -0.473 e. The molecule has 0 saturated heterocycles. The van der Waals surface area contributed by atoms with Crippen molar-refractivity contribution in [2.45, 2.75) is 59.3 Å². The van der Waals surface area contributed by atoms with Gasteiger partial charge in [-0.3, -0.25) is 4.79 Å². The minimum atomic E-state index is -1.33. The van der Waals surface area contributed by atoms with Crippen LogP contribution in [0.1, 0.15) is 59.4 Å². The largest absolute Gasteiger partial charge is 0.473 e. The molecular weight excluding hydrogens is 549 g/mol. The van der Waals surface area contributed by atoms with Crippen LogP contribution in [0.3, 0.4) is 0 Å². The van der Waals surface area contributed by atoms with Crippen LogP contribution in [0, 0.1) is 31.3 Å². The Kier molecular flexibility index (Phi) is 9.39. The van der Waals surface area contributed by atoms with Crippen LogP contribution in [0.25, 0.3) is 5.52 Å². The molecule has 2 amide bonds. The molecule has 42 heavy (non-hydrogen) atoms. The van der Waals surface area contributed by atoms with Crippen LogP contribution in [-0.2, 0) is 18.0 Å². The quantitative estimate of drug-likeness (QED) is 0.207. The molecule has 0 saturated carbocycles. The summed E-state index contributed by atoms with van der Waals surface area (Å²) in [5.41, 5.74) is 1.27. The highest BCUT2D eigenvalue weighted by atomic mass is 19.2. The first-order valence-corrected chi connectivity index (χ1v) is 13.5. The molecule has 0 aliphatic rings. The average Bonchev–Trinajstić information content (AvgIpc) is 3.29. The topological polar surface area (TPSA) is 94.0 Å². The molecule has 2 aromatic carbocycles. The minimum absolute atomic E-state index is 0.115. The number of amides is 2. The zero-order chi connectivity index (χ0) is 30.4. The number of nitrogens with zero attached hydrogens (tertiary/aromatic N) is 2. The molecule has 0 bridgehead atoms. The smallest absolute Gasteiger partial charge is 0.407 e. The van der Waals surface area contributed by atoms with E-state index in [9.17, 15) is 22.8 Å². The second-order valence-electron chi connectivity index (χ2n) is 10.4. The van der Waals surface area contributed by atoms with Crippen LogP contribution in [0.2, 0.25) is 0 Å². The van der Waals surface area contributed by atoms with E-state index in [-0.39, 0.29) is 24.6 Å². The van der Waals surface area contributed by atoms with Gasteiger partial charge in [0.2, 0.25) is 5.88 Å². The van der Waals surface area contributed by atoms with Crippen molar-refractivity contribution in [1.82, 2.24) is 20.2 Å². The number of rotatable bonds is 11. The van der Waals surface area contributed by atoms with Crippen molar-refractivity contribution in [2.24, 2.45) is 0 Å². The Balaban J connectivity index is 1.49. The first-order valence-electron chi connectivity index (χ1n) is 13.5. The van der Waals surface area contributed by atoms with Crippen LogP contribution in [0.5, 0.6) is 5.88 Å². The Hall–Kier alpha value is -4.54. The van der Waals surface area contributed by atoms with Crippen LogP contribution < -0.4 is 15.4 Å². The van der Waals surface area contributed by atoms with Gasteiger partial charge in [-0.1, -0.05) is 43.7 Å². The predicted molar refractivity (Wildman–Crippen MR) is 151 cm³/mol. The highest BCUT2D eigenvalue weighted by molar-refractivity contribution is 6.02. The third-order valence-corrected chi connectivity index (χ3v) is 6.81. The highest BCUT2D eigenvalue weighted by Gasteiger charge is 2.29. The molecule has 0 aliphatic carbocycles. The molecule has 0 aliphatic heterocycles. The Morgan fingerprint density at radius 2 is 1.71 bits per heavy atom. The molecule has 0 fully saturated rings. The number of ether oxygens (including phenoxy) is 2. The average molecular weight is 583 g/mol. The monoisotopic (exact) mass is 582 g/mol.